The van der Waals surface area contributed by atoms with Gasteiger partial charge in [-0.05, 0) is 31.5 Å². The highest BCUT2D eigenvalue weighted by molar-refractivity contribution is 7.18. The highest BCUT2D eigenvalue weighted by atomic mass is 32.1. The number of hydrogen-bond acceptors (Lipinski definition) is 5. The highest BCUT2D eigenvalue weighted by Crippen LogP contribution is 2.25. The van der Waals surface area contributed by atoms with Crippen molar-refractivity contribution in [2.75, 3.05) is 0 Å². The number of nitrogens with zero attached hydrogens (tertiary/aromatic N) is 1. The minimum Gasteiger partial charge on any atom is -0.309 e. The lowest BCUT2D eigenvalue weighted by Crippen LogP contribution is -2.42. The Labute approximate surface area is 155 Å². The van der Waals surface area contributed by atoms with E-state index in [1.54, 1.807) is 0 Å². The van der Waals surface area contributed by atoms with Gasteiger partial charge in [-0.25, -0.2) is 13.8 Å². The Hall–Kier alpha value is -3.14. The first kappa shape index (κ1) is 18.6. The predicted octanol–water partition coefficient (Wildman–Crippen LogP) is 1.88. The quantitative estimate of drug-likeness (QED) is 0.592. The van der Waals surface area contributed by atoms with Crippen molar-refractivity contribution >= 4 is 33.4 Å². The van der Waals surface area contributed by atoms with Crippen LogP contribution in [0.1, 0.15) is 26.6 Å². The lowest BCUT2D eigenvalue weighted by Gasteiger charge is -2.07. The monoisotopic (exact) mass is 392 g/mol. The number of thiophene rings is 1. The van der Waals surface area contributed by atoms with Crippen molar-refractivity contribution in [2.45, 2.75) is 20.3 Å². The Kier molecular flexibility index (Phi) is 5.00. The summed E-state index contributed by atoms with van der Waals surface area (Å²) >= 11 is 1.35. The van der Waals surface area contributed by atoms with Crippen molar-refractivity contribution in [3.8, 4) is 0 Å². The topological polar surface area (TPSA) is 104 Å². The van der Waals surface area contributed by atoms with Crippen LogP contribution in [0.2, 0.25) is 0 Å². The summed E-state index contributed by atoms with van der Waals surface area (Å²) in [5.41, 5.74) is 4.37. The Morgan fingerprint density at radius 3 is 2.48 bits per heavy atom. The van der Waals surface area contributed by atoms with Gasteiger partial charge in [-0.1, -0.05) is 0 Å². The van der Waals surface area contributed by atoms with E-state index in [2.05, 4.69) is 15.4 Å². The molecule has 0 saturated carbocycles. The normalized spacial score (nSPS) is 10.8. The molecule has 7 nitrogen and oxygen atoms in total. The summed E-state index contributed by atoms with van der Waals surface area (Å²) in [4.78, 5) is 44.3. The van der Waals surface area contributed by atoms with E-state index in [1.807, 2.05) is 19.3 Å². The van der Waals surface area contributed by atoms with Crippen molar-refractivity contribution in [3.05, 3.63) is 62.0 Å². The number of benzene rings is 1. The van der Waals surface area contributed by atoms with E-state index in [-0.39, 0.29) is 23.4 Å². The number of aryl methyl sites for hydroxylation is 2. The molecule has 0 aliphatic rings. The Morgan fingerprint density at radius 1 is 1.15 bits per heavy atom. The van der Waals surface area contributed by atoms with Gasteiger partial charge in [-0.15, -0.1) is 11.3 Å². The minimum absolute atomic E-state index is 0.136. The van der Waals surface area contributed by atoms with Gasteiger partial charge in [-0.2, -0.15) is 0 Å². The molecule has 0 aliphatic carbocycles. The van der Waals surface area contributed by atoms with Crippen molar-refractivity contribution < 1.29 is 18.4 Å². The Morgan fingerprint density at radius 2 is 1.81 bits per heavy atom. The molecule has 27 heavy (non-hydrogen) atoms. The lowest BCUT2D eigenvalue weighted by molar-refractivity contribution is -0.121. The largest absolute Gasteiger partial charge is 0.309 e. The van der Waals surface area contributed by atoms with Gasteiger partial charge in [0.15, 0.2) is 0 Å². The second-order valence-electron chi connectivity index (χ2n) is 5.81. The minimum atomic E-state index is -0.914. The molecular weight excluding hydrogens is 378 g/mol. The Bertz CT molecular complexity index is 1100. The van der Waals surface area contributed by atoms with Gasteiger partial charge in [0, 0.05) is 16.5 Å². The molecule has 2 amide bonds. The van der Waals surface area contributed by atoms with E-state index >= 15 is 0 Å². The molecule has 0 atom stereocenters. The third-order valence-electron chi connectivity index (χ3n) is 3.86. The fraction of sp³-hybridized carbons (Fsp3) is 0.176. The number of carbonyl (C=O) groups is 2. The highest BCUT2D eigenvalue weighted by Gasteiger charge is 2.15. The van der Waals surface area contributed by atoms with Crippen LogP contribution in [0.15, 0.2) is 23.0 Å². The van der Waals surface area contributed by atoms with E-state index in [0.29, 0.717) is 16.3 Å². The molecule has 0 unspecified atom stereocenters. The zero-order valence-electron chi connectivity index (χ0n) is 14.3. The first-order valence-electron chi connectivity index (χ1n) is 7.78. The molecule has 2 aromatic heterocycles. The SMILES string of the molecule is Cc1sc2nc(CC(=O)NNC(=O)c3cc(F)cc(F)c3)[nH]c(=O)c2c1C. The number of hydrogen-bond donors (Lipinski definition) is 3. The van der Waals surface area contributed by atoms with Gasteiger partial charge >= 0.3 is 0 Å². The summed E-state index contributed by atoms with van der Waals surface area (Å²) in [5, 5.41) is 0.489. The van der Waals surface area contributed by atoms with Crippen LogP contribution in [0.5, 0.6) is 0 Å². The maximum Gasteiger partial charge on any atom is 0.269 e. The molecule has 1 aromatic carbocycles. The van der Waals surface area contributed by atoms with Gasteiger partial charge in [0.1, 0.15) is 22.3 Å². The van der Waals surface area contributed by atoms with E-state index in [4.69, 9.17) is 0 Å². The first-order valence-corrected chi connectivity index (χ1v) is 8.60. The second-order valence-corrected chi connectivity index (χ2v) is 7.02. The van der Waals surface area contributed by atoms with Crippen LogP contribution in [0.4, 0.5) is 8.78 Å². The van der Waals surface area contributed by atoms with Crippen molar-refractivity contribution in [1.29, 1.82) is 0 Å². The van der Waals surface area contributed by atoms with Crippen LogP contribution in [0.3, 0.4) is 0 Å². The standard InChI is InChI=1S/C17H14F2N4O3S/c1-7-8(2)27-17-14(7)16(26)20-12(21-17)6-13(24)22-23-15(25)9-3-10(18)5-11(19)4-9/h3-5H,6H2,1-2H3,(H,22,24)(H,23,25)(H,20,21,26). The lowest BCUT2D eigenvalue weighted by atomic mass is 10.2. The molecule has 10 heteroatoms. The van der Waals surface area contributed by atoms with Crippen LogP contribution in [-0.4, -0.2) is 21.8 Å². The number of carbonyl (C=O) groups excluding carboxylic acids is 2. The number of amides is 2. The fourth-order valence-electron chi connectivity index (χ4n) is 2.46. The number of halogens is 2. The van der Waals surface area contributed by atoms with Crippen LogP contribution >= 0.6 is 11.3 Å². The number of H-pyrrole nitrogens is 1. The molecule has 3 rings (SSSR count). The van der Waals surface area contributed by atoms with E-state index in [1.165, 1.54) is 11.3 Å². The molecule has 0 bridgehead atoms. The molecule has 0 spiro atoms. The third kappa shape index (κ3) is 4.00. The summed E-state index contributed by atoms with van der Waals surface area (Å²) in [5.74, 6) is -3.24. The molecule has 0 aliphatic heterocycles. The average Bonchev–Trinajstić information content (AvgIpc) is 2.86. The molecule has 0 radical (unpaired) electrons. The molecule has 2 heterocycles. The predicted molar refractivity (Wildman–Crippen MR) is 95.4 cm³/mol. The van der Waals surface area contributed by atoms with E-state index < -0.39 is 23.4 Å². The molecular formula is C17H14F2N4O3S. The summed E-state index contributed by atoms with van der Waals surface area (Å²) in [6.07, 6.45) is -0.293. The van der Waals surface area contributed by atoms with Gasteiger partial charge < -0.3 is 4.98 Å². The zero-order chi connectivity index (χ0) is 19.7. The van der Waals surface area contributed by atoms with Crippen molar-refractivity contribution in [3.63, 3.8) is 0 Å². The maximum atomic E-state index is 13.1. The number of rotatable bonds is 3. The van der Waals surface area contributed by atoms with Crippen molar-refractivity contribution in [2.24, 2.45) is 0 Å². The van der Waals surface area contributed by atoms with Crippen LogP contribution < -0.4 is 16.4 Å². The number of nitrogens with one attached hydrogen (secondary N) is 3. The van der Waals surface area contributed by atoms with Gasteiger partial charge in [0.25, 0.3) is 11.5 Å². The summed E-state index contributed by atoms with van der Waals surface area (Å²) in [6.45, 7) is 3.69. The van der Waals surface area contributed by atoms with E-state index in [0.717, 1.165) is 22.6 Å². The first-order chi connectivity index (χ1) is 12.7. The van der Waals surface area contributed by atoms with Crippen LogP contribution in [-0.2, 0) is 11.2 Å². The Balaban J connectivity index is 1.68. The molecule has 0 fully saturated rings. The molecule has 0 saturated heterocycles. The zero-order valence-corrected chi connectivity index (χ0v) is 15.1. The van der Waals surface area contributed by atoms with Crippen LogP contribution in [0.25, 0.3) is 10.2 Å². The number of fused-ring (bicyclic) bond motifs is 1. The number of aromatic amines is 1. The second kappa shape index (κ2) is 7.23. The van der Waals surface area contributed by atoms with Gasteiger partial charge in [0.2, 0.25) is 5.91 Å². The smallest absolute Gasteiger partial charge is 0.269 e. The summed E-state index contributed by atoms with van der Waals surface area (Å²) in [6, 6.07) is 2.29. The average molecular weight is 392 g/mol. The maximum absolute atomic E-state index is 13.1. The summed E-state index contributed by atoms with van der Waals surface area (Å²) in [7, 11) is 0. The van der Waals surface area contributed by atoms with Crippen LogP contribution in [0, 0.1) is 25.5 Å². The summed E-state index contributed by atoms with van der Waals surface area (Å²) < 4.78 is 26.2. The van der Waals surface area contributed by atoms with Gasteiger partial charge in [-0.3, -0.25) is 25.2 Å². The number of aromatic nitrogens is 2. The molecule has 140 valence electrons. The number of hydrazine groups is 1. The molecule has 3 N–H and O–H groups in total. The third-order valence-corrected chi connectivity index (χ3v) is 4.96. The van der Waals surface area contributed by atoms with E-state index in [9.17, 15) is 23.2 Å². The fourth-order valence-corrected chi connectivity index (χ4v) is 3.51. The van der Waals surface area contributed by atoms with Crippen molar-refractivity contribution in [1.82, 2.24) is 20.8 Å². The van der Waals surface area contributed by atoms with Gasteiger partial charge in [0.05, 0.1) is 11.8 Å². The molecule has 3 aromatic rings.